The van der Waals surface area contributed by atoms with Crippen LogP contribution < -0.4 is 10.6 Å². The summed E-state index contributed by atoms with van der Waals surface area (Å²) >= 11 is 0. The van der Waals surface area contributed by atoms with Gasteiger partial charge in [-0.1, -0.05) is 37.8 Å². The van der Waals surface area contributed by atoms with Crippen LogP contribution in [-0.4, -0.2) is 29.4 Å². The van der Waals surface area contributed by atoms with Crippen molar-refractivity contribution in [2.45, 2.75) is 70.4 Å². The Morgan fingerprint density at radius 2 is 1.88 bits per heavy atom. The Morgan fingerprint density at radius 3 is 2.64 bits per heavy atom. The zero-order valence-electron chi connectivity index (χ0n) is 14.9. The molecule has 0 bridgehead atoms. The highest BCUT2D eigenvalue weighted by Gasteiger charge is 2.18. The van der Waals surface area contributed by atoms with Crippen LogP contribution in [0.1, 0.15) is 63.4 Å². The van der Waals surface area contributed by atoms with Gasteiger partial charge in [0.1, 0.15) is 0 Å². The summed E-state index contributed by atoms with van der Waals surface area (Å²) in [5, 5.41) is 6.05. The second-order valence-electron chi connectivity index (χ2n) is 7.26. The van der Waals surface area contributed by atoms with Crippen molar-refractivity contribution in [3.63, 3.8) is 0 Å². The van der Waals surface area contributed by atoms with Gasteiger partial charge in [0.25, 0.3) is 0 Å². The van der Waals surface area contributed by atoms with E-state index in [1.165, 1.54) is 25.7 Å². The fraction of sp³-hybridized carbons (Fsp3) is 0.600. The highest BCUT2D eigenvalue weighted by atomic mass is 16.2. The molecule has 1 heterocycles. The van der Waals surface area contributed by atoms with Gasteiger partial charge in [0.15, 0.2) is 0 Å². The summed E-state index contributed by atoms with van der Waals surface area (Å²) in [4.78, 5) is 26.1. The molecule has 1 aromatic rings. The van der Waals surface area contributed by atoms with E-state index in [4.69, 9.17) is 0 Å². The number of amides is 3. The lowest BCUT2D eigenvalue weighted by molar-refractivity contribution is -0.133. The van der Waals surface area contributed by atoms with Crippen LogP contribution in [0.2, 0.25) is 0 Å². The molecule has 0 spiro atoms. The zero-order chi connectivity index (χ0) is 17.5. The molecule has 2 N–H and O–H groups in total. The van der Waals surface area contributed by atoms with E-state index in [0.717, 1.165) is 43.5 Å². The quantitative estimate of drug-likeness (QED) is 0.810. The molecule has 1 aromatic carbocycles. The van der Waals surface area contributed by atoms with Gasteiger partial charge in [0.05, 0.1) is 0 Å². The van der Waals surface area contributed by atoms with E-state index in [-0.39, 0.29) is 18.0 Å². The van der Waals surface area contributed by atoms with E-state index in [2.05, 4.69) is 10.6 Å². The molecule has 25 heavy (non-hydrogen) atoms. The Bertz CT molecular complexity index is 594. The predicted molar refractivity (Wildman–Crippen MR) is 99.4 cm³/mol. The van der Waals surface area contributed by atoms with Gasteiger partial charge in [-0.05, 0) is 43.4 Å². The van der Waals surface area contributed by atoms with Gasteiger partial charge in [0.2, 0.25) is 5.91 Å². The Hall–Kier alpha value is -2.04. The molecular weight excluding hydrogens is 314 g/mol. The zero-order valence-corrected chi connectivity index (χ0v) is 14.9. The van der Waals surface area contributed by atoms with Gasteiger partial charge in [-0.3, -0.25) is 4.79 Å². The molecule has 1 saturated heterocycles. The van der Waals surface area contributed by atoms with Gasteiger partial charge >= 0.3 is 6.03 Å². The van der Waals surface area contributed by atoms with Gasteiger partial charge in [-0.25, -0.2) is 4.79 Å². The fourth-order valence-corrected chi connectivity index (χ4v) is 3.77. The minimum Gasteiger partial charge on any atom is -0.338 e. The summed E-state index contributed by atoms with van der Waals surface area (Å²) < 4.78 is 0. The average molecular weight is 343 g/mol. The number of likely N-dealkylation sites (tertiary alicyclic amines) is 1. The van der Waals surface area contributed by atoms with E-state index >= 15 is 0 Å². The smallest absolute Gasteiger partial charge is 0.319 e. The summed E-state index contributed by atoms with van der Waals surface area (Å²) in [6.07, 6.45) is 9.82. The van der Waals surface area contributed by atoms with Crippen molar-refractivity contribution in [2.24, 2.45) is 0 Å². The Morgan fingerprint density at radius 1 is 1.08 bits per heavy atom. The third kappa shape index (κ3) is 5.48. The fourth-order valence-electron chi connectivity index (χ4n) is 3.77. The largest absolute Gasteiger partial charge is 0.338 e. The van der Waals surface area contributed by atoms with Crippen molar-refractivity contribution in [3.05, 3.63) is 29.8 Å². The van der Waals surface area contributed by atoms with Gasteiger partial charge in [-0.2, -0.15) is 0 Å². The molecule has 1 saturated carbocycles. The monoisotopic (exact) mass is 343 g/mol. The summed E-state index contributed by atoms with van der Waals surface area (Å²) in [5.41, 5.74) is 1.84. The van der Waals surface area contributed by atoms with Crippen LogP contribution in [-0.2, 0) is 11.3 Å². The molecule has 1 aliphatic carbocycles. The van der Waals surface area contributed by atoms with Crippen LogP contribution in [0.25, 0.3) is 0 Å². The van der Waals surface area contributed by atoms with Crippen LogP contribution in [0.5, 0.6) is 0 Å². The lowest BCUT2D eigenvalue weighted by Gasteiger charge is -2.27. The number of carbonyl (C=O) groups excluding carboxylic acids is 2. The highest BCUT2D eigenvalue weighted by molar-refractivity contribution is 5.89. The number of nitrogens with zero attached hydrogens (tertiary/aromatic N) is 1. The van der Waals surface area contributed by atoms with E-state index in [0.29, 0.717) is 13.0 Å². The predicted octanol–water partition coefficient (Wildman–Crippen LogP) is 4.04. The topological polar surface area (TPSA) is 61.4 Å². The summed E-state index contributed by atoms with van der Waals surface area (Å²) in [5.74, 6) is 0.232. The normalized spacial score (nSPS) is 19.4. The molecule has 3 rings (SSSR count). The molecule has 0 radical (unpaired) electrons. The maximum Gasteiger partial charge on any atom is 0.319 e. The van der Waals surface area contributed by atoms with Crippen LogP contribution in [0.3, 0.4) is 0 Å². The summed E-state index contributed by atoms with van der Waals surface area (Å²) in [7, 11) is 0. The number of rotatable bonds is 4. The maximum atomic E-state index is 12.3. The first-order valence-corrected chi connectivity index (χ1v) is 9.65. The van der Waals surface area contributed by atoms with Crippen molar-refractivity contribution >= 4 is 17.6 Å². The van der Waals surface area contributed by atoms with Crippen molar-refractivity contribution in [3.8, 4) is 0 Å². The molecule has 136 valence electrons. The number of benzene rings is 1. The van der Waals surface area contributed by atoms with Crippen LogP contribution >= 0.6 is 0 Å². The minimum absolute atomic E-state index is 0.127. The van der Waals surface area contributed by atoms with Crippen LogP contribution in [0.15, 0.2) is 24.3 Å². The van der Waals surface area contributed by atoms with Crippen molar-refractivity contribution in [2.75, 3.05) is 11.9 Å². The minimum atomic E-state index is -0.127. The molecule has 5 heteroatoms. The first-order valence-electron chi connectivity index (χ1n) is 9.65. The molecule has 3 amide bonds. The molecular formula is C20H29N3O2. The SMILES string of the molecule is O=C(Nc1cccc(CN2CCCCC2=O)c1)NC1CCCCCC1. The number of hydrogen-bond acceptors (Lipinski definition) is 2. The summed E-state index contributed by atoms with van der Waals surface area (Å²) in [6, 6.07) is 7.97. The average Bonchev–Trinajstić information content (AvgIpc) is 2.86. The lowest BCUT2D eigenvalue weighted by atomic mass is 10.1. The number of piperidine rings is 1. The molecule has 0 atom stereocenters. The number of anilines is 1. The van der Waals surface area contributed by atoms with Gasteiger partial charge < -0.3 is 15.5 Å². The van der Waals surface area contributed by atoms with Crippen molar-refractivity contribution in [1.29, 1.82) is 0 Å². The second kappa shape index (κ2) is 8.88. The Kier molecular flexibility index (Phi) is 6.31. The van der Waals surface area contributed by atoms with Crippen LogP contribution in [0.4, 0.5) is 10.5 Å². The van der Waals surface area contributed by atoms with Gasteiger partial charge in [0, 0.05) is 31.2 Å². The van der Waals surface area contributed by atoms with Crippen molar-refractivity contribution < 1.29 is 9.59 Å². The molecule has 0 unspecified atom stereocenters. The number of carbonyl (C=O) groups is 2. The van der Waals surface area contributed by atoms with E-state index in [1.54, 1.807) is 0 Å². The van der Waals surface area contributed by atoms with Crippen molar-refractivity contribution in [1.82, 2.24) is 10.2 Å². The standard InChI is InChI=1S/C20H29N3O2/c24-19-12-5-6-13-23(19)15-16-8-7-11-18(14-16)22-20(25)21-17-9-3-1-2-4-10-17/h7-8,11,14,17H,1-6,9-10,12-13,15H2,(H2,21,22,25). The maximum absolute atomic E-state index is 12.3. The molecule has 2 aliphatic rings. The van der Waals surface area contributed by atoms with Gasteiger partial charge in [-0.15, -0.1) is 0 Å². The molecule has 0 aromatic heterocycles. The number of urea groups is 1. The number of hydrogen-bond donors (Lipinski definition) is 2. The van der Waals surface area contributed by atoms with Crippen LogP contribution in [0, 0.1) is 0 Å². The van der Waals surface area contributed by atoms with E-state index < -0.39 is 0 Å². The first-order chi connectivity index (χ1) is 12.2. The Labute approximate surface area is 150 Å². The Balaban J connectivity index is 1.53. The highest BCUT2D eigenvalue weighted by Crippen LogP contribution is 2.19. The molecule has 2 fully saturated rings. The first kappa shape index (κ1) is 17.8. The number of nitrogens with one attached hydrogen (secondary N) is 2. The van der Waals surface area contributed by atoms with E-state index in [9.17, 15) is 9.59 Å². The molecule has 5 nitrogen and oxygen atoms in total. The third-order valence-electron chi connectivity index (χ3n) is 5.17. The molecule has 1 aliphatic heterocycles. The summed E-state index contributed by atoms with van der Waals surface area (Å²) in [6.45, 7) is 1.46. The third-order valence-corrected chi connectivity index (χ3v) is 5.17. The van der Waals surface area contributed by atoms with E-state index in [1.807, 2.05) is 29.2 Å². The second-order valence-corrected chi connectivity index (χ2v) is 7.26. The lowest BCUT2D eigenvalue weighted by Crippen LogP contribution is -2.37.